The fraction of sp³-hybridized carbons (Fsp3) is 0.238. The predicted molar refractivity (Wildman–Crippen MR) is 104 cm³/mol. The van der Waals surface area contributed by atoms with Gasteiger partial charge < -0.3 is 15.4 Å². The van der Waals surface area contributed by atoms with Crippen LogP contribution in [0.1, 0.15) is 29.3 Å². The first-order chi connectivity index (χ1) is 12.7. The lowest BCUT2D eigenvalue weighted by Crippen LogP contribution is -2.25. The van der Waals surface area contributed by atoms with Crippen molar-refractivity contribution in [2.75, 3.05) is 25.1 Å². The minimum atomic E-state index is -0.247. The number of carbonyl (C=O) groups is 2. The highest BCUT2D eigenvalue weighted by Gasteiger charge is 2.06. The van der Waals surface area contributed by atoms with Gasteiger partial charge in [0.1, 0.15) is 0 Å². The van der Waals surface area contributed by atoms with Crippen molar-refractivity contribution >= 4 is 23.6 Å². The Hall–Kier alpha value is -2.92. The van der Waals surface area contributed by atoms with Crippen molar-refractivity contribution in [1.29, 1.82) is 0 Å². The zero-order chi connectivity index (χ0) is 18.6. The zero-order valence-electron chi connectivity index (χ0n) is 14.9. The Balaban J connectivity index is 1.86. The molecular weight excluding hydrogens is 328 g/mol. The number of nitrogens with one attached hydrogen (secondary N) is 2. The molecule has 0 aliphatic carbocycles. The van der Waals surface area contributed by atoms with Crippen molar-refractivity contribution in [3.63, 3.8) is 0 Å². The Morgan fingerprint density at radius 2 is 1.88 bits per heavy atom. The lowest BCUT2D eigenvalue weighted by atomic mass is 10.2. The number of ether oxygens (including phenoxy) is 1. The molecule has 0 atom stereocenters. The number of hydrogen-bond acceptors (Lipinski definition) is 3. The van der Waals surface area contributed by atoms with E-state index in [2.05, 4.69) is 10.6 Å². The van der Waals surface area contributed by atoms with Gasteiger partial charge in [0.25, 0.3) is 5.91 Å². The van der Waals surface area contributed by atoms with Crippen LogP contribution in [0.15, 0.2) is 60.7 Å². The first-order valence-corrected chi connectivity index (χ1v) is 8.69. The van der Waals surface area contributed by atoms with Gasteiger partial charge in [-0.2, -0.15) is 0 Å². The maximum Gasteiger partial charge on any atom is 0.251 e. The molecule has 0 aliphatic rings. The van der Waals surface area contributed by atoms with E-state index in [1.54, 1.807) is 30.3 Å². The number of carbonyl (C=O) groups excluding carboxylic acids is 2. The summed E-state index contributed by atoms with van der Waals surface area (Å²) in [6, 6.07) is 16.4. The second kappa shape index (κ2) is 10.8. The minimum Gasteiger partial charge on any atom is -0.382 e. The summed E-state index contributed by atoms with van der Waals surface area (Å²) in [5.41, 5.74) is 2.03. The third kappa shape index (κ3) is 6.91. The van der Waals surface area contributed by atoms with Crippen LogP contribution >= 0.6 is 0 Å². The molecule has 0 saturated heterocycles. The van der Waals surface area contributed by atoms with Gasteiger partial charge in [-0.1, -0.05) is 36.4 Å². The number of hydrogen-bond donors (Lipinski definition) is 2. The van der Waals surface area contributed by atoms with Crippen LogP contribution in [0.5, 0.6) is 0 Å². The first kappa shape index (κ1) is 19.4. The van der Waals surface area contributed by atoms with Gasteiger partial charge in [-0.05, 0) is 43.2 Å². The number of anilines is 1. The summed E-state index contributed by atoms with van der Waals surface area (Å²) < 4.78 is 5.23. The monoisotopic (exact) mass is 352 g/mol. The Kier molecular flexibility index (Phi) is 8.09. The van der Waals surface area contributed by atoms with Crippen LogP contribution < -0.4 is 10.6 Å². The van der Waals surface area contributed by atoms with Crippen LogP contribution in [-0.2, 0) is 9.53 Å². The fourth-order valence-electron chi connectivity index (χ4n) is 2.28. The molecule has 2 N–H and O–H groups in total. The van der Waals surface area contributed by atoms with E-state index in [0.717, 1.165) is 12.0 Å². The second-order valence-corrected chi connectivity index (χ2v) is 5.62. The maximum absolute atomic E-state index is 12.1. The first-order valence-electron chi connectivity index (χ1n) is 8.69. The highest BCUT2D eigenvalue weighted by atomic mass is 16.5. The molecule has 26 heavy (non-hydrogen) atoms. The van der Waals surface area contributed by atoms with E-state index < -0.39 is 0 Å². The molecule has 136 valence electrons. The molecule has 0 aliphatic heterocycles. The van der Waals surface area contributed by atoms with E-state index in [4.69, 9.17) is 4.74 Å². The molecule has 2 rings (SSSR count). The van der Waals surface area contributed by atoms with Gasteiger partial charge in [-0.25, -0.2) is 0 Å². The van der Waals surface area contributed by atoms with Gasteiger partial charge in [0, 0.05) is 37.1 Å². The molecule has 2 aromatic rings. The van der Waals surface area contributed by atoms with Crippen molar-refractivity contribution in [2.24, 2.45) is 0 Å². The molecule has 5 heteroatoms. The Morgan fingerprint density at radius 1 is 1.08 bits per heavy atom. The van der Waals surface area contributed by atoms with Crippen molar-refractivity contribution < 1.29 is 14.3 Å². The molecule has 0 aromatic heterocycles. The summed E-state index contributed by atoms with van der Waals surface area (Å²) in [5.74, 6) is -0.416. The fourth-order valence-corrected chi connectivity index (χ4v) is 2.28. The third-order valence-corrected chi connectivity index (χ3v) is 3.57. The molecule has 0 unspecified atom stereocenters. The summed E-state index contributed by atoms with van der Waals surface area (Å²) in [5, 5.41) is 5.61. The van der Waals surface area contributed by atoms with Crippen molar-refractivity contribution in [3.8, 4) is 0 Å². The minimum absolute atomic E-state index is 0.169. The molecule has 0 heterocycles. The lowest BCUT2D eigenvalue weighted by molar-refractivity contribution is -0.111. The topological polar surface area (TPSA) is 67.4 Å². The van der Waals surface area contributed by atoms with Gasteiger partial charge in [0.05, 0.1) is 0 Å². The van der Waals surface area contributed by atoms with Crippen LogP contribution in [0.25, 0.3) is 6.08 Å². The van der Waals surface area contributed by atoms with E-state index in [-0.39, 0.29) is 11.8 Å². The van der Waals surface area contributed by atoms with E-state index in [1.807, 2.05) is 37.3 Å². The van der Waals surface area contributed by atoms with Gasteiger partial charge in [0.2, 0.25) is 5.91 Å². The van der Waals surface area contributed by atoms with E-state index in [9.17, 15) is 9.59 Å². The smallest absolute Gasteiger partial charge is 0.251 e. The molecule has 0 spiro atoms. The van der Waals surface area contributed by atoms with Gasteiger partial charge in [0.15, 0.2) is 0 Å². The average molecular weight is 352 g/mol. The maximum atomic E-state index is 12.1. The van der Waals surface area contributed by atoms with Crippen LogP contribution in [-0.4, -0.2) is 31.6 Å². The summed E-state index contributed by atoms with van der Waals surface area (Å²) in [4.78, 5) is 24.2. The van der Waals surface area contributed by atoms with Gasteiger partial charge in [-0.15, -0.1) is 0 Å². The second-order valence-electron chi connectivity index (χ2n) is 5.62. The summed E-state index contributed by atoms with van der Waals surface area (Å²) in [6.07, 6.45) is 3.97. The standard InChI is InChI=1S/C21H24N2O3/c1-2-26-15-7-14-22-21(25)18-10-6-11-19(16-18)23-20(24)13-12-17-8-4-3-5-9-17/h3-6,8-13,16H,2,7,14-15H2,1H3,(H,22,25)(H,23,24). The molecule has 0 bridgehead atoms. The molecular formula is C21H24N2O3. The Bertz CT molecular complexity index is 742. The average Bonchev–Trinajstić information content (AvgIpc) is 2.67. The van der Waals surface area contributed by atoms with E-state index in [0.29, 0.717) is 31.0 Å². The van der Waals surface area contributed by atoms with Crippen molar-refractivity contribution in [3.05, 3.63) is 71.8 Å². The van der Waals surface area contributed by atoms with E-state index >= 15 is 0 Å². The number of rotatable bonds is 9. The van der Waals surface area contributed by atoms with Gasteiger partial charge >= 0.3 is 0 Å². The zero-order valence-corrected chi connectivity index (χ0v) is 14.9. The van der Waals surface area contributed by atoms with Crippen molar-refractivity contribution in [1.82, 2.24) is 5.32 Å². The van der Waals surface area contributed by atoms with Crippen LogP contribution in [0.2, 0.25) is 0 Å². The summed E-state index contributed by atoms with van der Waals surface area (Å²) in [7, 11) is 0. The Labute approximate surface area is 154 Å². The largest absolute Gasteiger partial charge is 0.382 e. The highest BCUT2D eigenvalue weighted by Crippen LogP contribution is 2.11. The van der Waals surface area contributed by atoms with Crippen LogP contribution in [0.3, 0.4) is 0 Å². The van der Waals surface area contributed by atoms with Crippen LogP contribution in [0, 0.1) is 0 Å². The third-order valence-electron chi connectivity index (χ3n) is 3.57. The molecule has 2 amide bonds. The Morgan fingerprint density at radius 3 is 2.65 bits per heavy atom. The normalized spacial score (nSPS) is 10.7. The summed E-state index contributed by atoms with van der Waals surface area (Å²) >= 11 is 0. The summed E-state index contributed by atoms with van der Waals surface area (Å²) in [6.45, 7) is 3.79. The van der Waals surface area contributed by atoms with Crippen molar-refractivity contribution in [2.45, 2.75) is 13.3 Å². The van der Waals surface area contributed by atoms with E-state index in [1.165, 1.54) is 6.08 Å². The lowest BCUT2D eigenvalue weighted by Gasteiger charge is -2.07. The SMILES string of the molecule is CCOCCCNC(=O)c1cccc(NC(=O)C=Cc2ccccc2)c1. The molecule has 0 saturated carbocycles. The number of benzene rings is 2. The van der Waals surface area contributed by atoms with Crippen LogP contribution in [0.4, 0.5) is 5.69 Å². The molecule has 5 nitrogen and oxygen atoms in total. The quantitative estimate of drug-likeness (QED) is 0.536. The highest BCUT2D eigenvalue weighted by molar-refractivity contribution is 6.03. The number of amides is 2. The van der Waals surface area contributed by atoms with Gasteiger partial charge in [-0.3, -0.25) is 9.59 Å². The molecule has 0 fully saturated rings. The molecule has 0 radical (unpaired) electrons. The predicted octanol–water partition coefficient (Wildman–Crippen LogP) is 3.49. The molecule has 2 aromatic carbocycles.